The fraction of sp³-hybridized carbons (Fsp3) is 0.286. The van der Waals surface area contributed by atoms with Gasteiger partial charge in [0.2, 0.25) is 0 Å². The van der Waals surface area contributed by atoms with Crippen LogP contribution in [-0.4, -0.2) is 33.3 Å². The Bertz CT molecular complexity index is 861. The fourth-order valence-corrected chi connectivity index (χ4v) is 5.64. The van der Waals surface area contributed by atoms with Crippen LogP contribution in [0.4, 0.5) is 0 Å². The summed E-state index contributed by atoms with van der Waals surface area (Å²) >= 11 is 3.51. The van der Waals surface area contributed by atoms with Crippen molar-refractivity contribution in [1.29, 1.82) is 0 Å². The molecule has 0 aliphatic heterocycles. The highest BCUT2D eigenvalue weighted by atomic mass is 79.9. The Balaban J connectivity index is 2.14. The molecule has 0 amide bonds. The second-order valence-corrected chi connectivity index (χ2v) is 9.73. The Morgan fingerprint density at radius 3 is 1.93 bits per heavy atom. The van der Waals surface area contributed by atoms with Gasteiger partial charge >= 0.3 is 8.80 Å². The first kappa shape index (κ1) is 23.6. The third-order valence-corrected chi connectivity index (χ3v) is 7.21. The third kappa shape index (κ3) is 6.99. The Labute approximate surface area is 184 Å². The number of ether oxygens (including phenoxy) is 1. The Morgan fingerprint density at radius 2 is 1.40 bits per heavy atom. The Morgan fingerprint density at radius 1 is 0.833 bits per heavy atom. The number of halogens is 1. The maximum Gasteiger partial charge on any atom is 0.705 e. The molecule has 30 heavy (non-hydrogen) atoms. The minimum atomic E-state index is -3.85. The lowest BCUT2D eigenvalue weighted by Crippen LogP contribution is -2.49. The molecule has 0 saturated heterocycles. The second-order valence-electron chi connectivity index (χ2n) is 6.40. The summed E-state index contributed by atoms with van der Waals surface area (Å²) in [4.78, 5) is 34.5. The first-order valence-electron chi connectivity index (χ1n) is 9.28. The molecule has 0 unspecified atom stereocenters. The van der Waals surface area contributed by atoms with Gasteiger partial charge in [0.05, 0.1) is 17.1 Å². The van der Waals surface area contributed by atoms with E-state index in [4.69, 9.17) is 18.0 Å². The zero-order chi connectivity index (χ0) is 22.1. The van der Waals surface area contributed by atoms with Crippen molar-refractivity contribution in [3.63, 3.8) is 0 Å². The van der Waals surface area contributed by atoms with Crippen LogP contribution in [0.5, 0.6) is 5.75 Å². The molecular weight excluding hydrogens is 472 g/mol. The van der Waals surface area contributed by atoms with Crippen LogP contribution in [0.3, 0.4) is 0 Å². The predicted octanol–water partition coefficient (Wildman–Crippen LogP) is 4.51. The highest BCUT2D eigenvalue weighted by molar-refractivity contribution is 9.10. The molecule has 0 saturated carbocycles. The SMILES string of the molecule is CC(=O)O[Si](CCCOc1c(Br)cccc1-c1ccccc1)(OC(C)=O)OC(C)=O. The molecule has 9 heteroatoms. The minimum Gasteiger partial charge on any atom is -0.492 e. The van der Waals surface area contributed by atoms with Gasteiger partial charge in [-0.15, -0.1) is 0 Å². The van der Waals surface area contributed by atoms with Gasteiger partial charge in [-0.25, -0.2) is 0 Å². The molecule has 0 spiro atoms. The van der Waals surface area contributed by atoms with Crippen LogP contribution < -0.4 is 4.74 Å². The summed E-state index contributed by atoms with van der Waals surface area (Å²) in [6.45, 7) is 3.72. The molecule has 160 valence electrons. The fourth-order valence-electron chi connectivity index (χ4n) is 2.84. The molecule has 2 aromatic carbocycles. The molecule has 0 fully saturated rings. The van der Waals surface area contributed by atoms with E-state index in [2.05, 4.69) is 15.9 Å². The molecule has 0 N–H and O–H groups in total. The molecule has 0 radical (unpaired) electrons. The summed E-state index contributed by atoms with van der Waals surface area (Å²) in [6, 6.07) is 15.6. The lowest BCUT2D eigenvalue weighted by Gasteiger charge is -2.26. The summed E-state index contributed by atoms with van der Waals surface area (Å²) in [6.07, 6.45) is 0.329. The number of hydrogen-bond acceptors (Lipinski definition) is 7. The molecule has 0 aromatic heterocycles. The van der Waals surface area contributed by atoms with Crippen molar-refractivity contribution in [2.45, 2.75) is 33.2 Å². The molecule has 0 heterocycles. The van der Waals surface area contributed by atoms with Gasteiger partial charge in [-0.3, -0.25) is 14.4 Å². The molecule has 0 aliphatic rings. The van der Waals surface area contributed by atoms with E-state index in [0.717, 1.165) is 15.6 Å². The van der Waals surface area contributed by atoms with Crippen molar-refractivity contribution in [3.8, 4) is 16.9 Å². The van der Waals surface area contributed by atoms with Crippen molar-refractivity contribution in [2.24, 2.45) is 0 Å². The van der Waals surface area contributed by atoms with Crippen LogP contribution in [0.1, 0.15) is 27.2 Å². The van der Waals surface area contributed by atoms with E-state index < -0.39 is 26.7 Å². The van der Waals surface area contributed by atoms with Gasteiger partial charge in [0.1, 0.15) is 5.75 Å². The van der Waals surface area contributed by atoms with Gasteiger partial charge in [-0.1, -0.05) is 42.5 Å². The van der Waals surface area contributed by atoms with Crippen molar-refractivity contribution < 1.29 is 32.4 Å². The molecule has 2 rings (SSSR count). The largest absolute Gasteiger partial charge is 0.705 e. The number of carbonyl (C=O) groups is 3. The monoisotopic (exact) mass is 494 g/mol. The quantitative estimate of drug-likeness (QED) is 0.374. The number of benzene rings is 2. The van der Waals surface area contributed by atoms with Gasteiger partial charge in [-0.2, -0.15) is 0 Å². The first-order valence-corrected chi connectivity index (χ1v) is 12.0. The van der Waals surface area contributed by atoms with Gasteiger partial charge in [-0.05, 0) is 34.0 Å². The smallest absolute Gasteiger partial charge is 0.492 e. The van der Waals surface area contributed by atoms with Gasteiger partial charge < -0.3 is 18.0 Å². The lowest BCUT2D eigenvalue weighted by molar-refractivity contribution is -0.147. The predicted molar refractivity (Wildman–Crippen MR) is 116 cm³/mol. The van der Waals surface area contributed by atoms with E-state index in [1.54, 1.807) is 0 Å². The summed E-state index contributed by atoms with van der Waals surface area (Å²) in [7, 11) is -3.85. The van der Waals surface area contributed by atoms with E-state index in [9.17, 15) is 14.4 Å². The summed E-state index contributed by atoms with van der Waals surface area (Å²) in [5.41, 5.74) is 1.91. The standard InChI is InChI=1S/C21H23BrO7Si/c1-15(23)27-30(28-16(2)24,29-17(3)25)14-8-13-26-21-19(11-7-12-20(21)22)18-9-5-4-6-10-18/h4-7,9-12H,8,13-14H2,1-3H3. The maximum atomic E-state index is 11.5. The Kier molecular flexibility index (Phi) is 8.61. The number of carbonyl (C=O) groups excluding carboxylic acids is 3. The van der Waals surface area contributed by atoms with E-state index >= 15 is 0 Å². The molecule has 7 nitrogen and oxygen atoms in total. The van der Waals surface area contributed by atoms with Crippen LogP contribution in [0.25, 0.3) is 11.1 Å². The van der Waals surface area contributed by atoms with E-state index in [0.29, 0.717) is 12.2 Å². The number of para-hydroxylation sites is 1. The normalized spacial score (nSPS) is 10.8. The van der Waals surface area contributed by atoms with E-state index in [1.165, 1.54) is 20.8 Å². The van der Waals surface area contributed by atoms with Crippen LogP contribution >= 0.6 is 15.9 Å². The van der Waals surface area contributed by atoms with Gasteiger partial charge in [0.15, 0.2) is 0 Å². The molecule has 0 atom stereocenters. The van der Waals surface area contributed by atoms with E-state index in [1.807, 2.05) is 48.5 Å². The zero-order valence-electron chi connectivity index (χ0n) is 17.0. The molecular formula is C21H23BrO7Si. The maximum absolute atomic E-state index is 11.5. The van der Waals surface area contributed by atoms with Gasteiger partial charge in [0.25, 0.3) is 17.9 Å². The van der Waals surface area contributed by atoms with Crippen molar-refractivity contribution >= 4 is 42.6 Å². The summed E-state index contributed by atoms with van der Waals surface area (Å²) < 4.78 is 22.3. The first-order chi connectivity index (χ1) is 14.2. The van der Waals surface area contributed by atoms with Crippen LogP contribution in [0.15, 0.2) is 53.0 Å². The van der Waals surface area contributed by atoms with E-state index in [-0.39, 0.29) is 12.7 Å². The minimum absolute atomic E-state index is 0.0524. The lowest BCUT2D eigenvalue weighted by atomic mass is 10.1. The molecule has 0 aliphatic carbocycles. The average molecular weight is 495 g/mol. The van der Waals surface area contributed by atoms with Crippen LogP contribution in [0.2, 0.25) is 6.04 Å². The summed E-state index contributed by atoms with van der Waals surface area (Å²) in [5, 5.41) is 0. The summed E-state index contributed by atoms with van der Waals surface area (Å²) in [5.74, 6) is -1.42. The van der Waals surface area contributed by atoms with Crippen molar-refractivity contribution in [2.75, 3.05) is 6.61 Å². The highest BCUT2D eigenvalue weighted by Crippen LogP contribution is 2.36. The van der Waals surface area contributed by atoms with Crippen LogP contribution in [-0.2, 0) is 27.7 Å². The average Bonchev–Trinajstić information content (AvgIpc) is 2.65. The highest BCUT2D eigenvalue weighted by Gasteiger charge is 2.51. The zero-order valence-corrected chi connectivity index (χ0v) is 19.6. The third-order valence-electron chi connectivity index (χ3n) is 3.82. The van der Waals surface area contributed by atoms with Crippen molar-refractivity contribution in [3.05, 3.63) is 53.0 Å². The number of hydrogen-bond donors (Lipinski definition) is 0. The van der Waals surface area contributed by atoms with Crippen LogP contribution in [0, 0.1) is 0 Å². The molecule has 2 aromatic rings. The van der Waals surface area contributed by atoms with Crippen molar-refractivity contribution in [1.82, 2.24) is 0 Å². The molecule has 0 bridgehead atoms. The van der Waals surface area contributed by atoms with Gasteiger partial charge in [0, 0.05) is 26.3 Å². The topological polar surface area (TPSA) is 88.1 Å². The Hall–Kier alpha value is -2.65. The number of rotatable bonds is 9. The second kappa shape index (κ2) is 10.9.